The first-order valence-corrected chi connectivity index (χ1v) is 13.8. The van der Waals surface area contributed by atoms with E-state index in [0.29, 0.717) is 38.5 Å². The quantitative estimate of drug-likeness (QED) is 0.186. The summed E-state index contributed by atoms with van der Waals surface area (Å²) in [5.41, 5.74) is 13.4. The molecule has 6 N–H and O–H groups in total. The van der Waals surface area contributed by atoms with Crippen LogP contribution in [0.15, 0.2) is 18.2 Å². The van der Waals surface area contributed by atoms with Gasteiger partial charge in [0.2, 0.25) is 5.91 Å². The number of carbonyl (C=O) groups excluding carboxylic acids is 2. The molecule has 1 aliphatic heterocycles. The first-order valence-electron chi connectivity index (χ1n) is 13.4. The van der Waals surface area contributed by atoms with Crippen molar-refractivity contribution >= 4 is 46.1 Å². The van der Waals surface area contributed by atoms with Crippen molar-refractivity contribution in [2.75, 3.05) is 64.4 Å². The third kappa shape index (κ3) is 6.72. The molecule has 4 rings (SSSR count). The minimum absolute atomic E-state index is 0.00752. The summed E-state index contributed by atoms with van der Waals surface area (Å²) < 4.78 is 10.2. The number of imidazole rings is 1. The molecule has 216 valence electrons. The number of rotatable bonds is 11. The van der Waals surface area contributed by atoms with Gasteiger partial charge in [0.15, 0.2) is 33.5 Å². The maximum absolute atomic E-state index is 12.8. The molecule has 2 aromatic heterocycles. The van der Waals surface area contributed by atoms with Crippen LogP contribution in [0.2, 0.25) is 5.15 Å². The Bertz CT molecular complexity index is 1370. The van der Waals surface area contributed by atoms with E-state index in [1.807, 2.05) is 32.0 Å². The highest BCUT2D eigenvalue weighted by Crippen LogP contribution is 2.22. The zero-order valence-corrected chi connectivity index (χ0v) is 24.0. The number of fused-ring (bicyclic) bond motifs is 1. The topological polar surface area (TPSA) is 161 Å². The van der Waals surface area contributed by atoms with Crippen LogP contribution in [-0.2, 0) is 24.4 Å². The third-order valence-corrected chi connectivity index (χ3v) is 7.25. The summed E-state index contributed by atoms with van der Waals surface area (Å²) in [7, 11) is 2.09. The van der Waals surface area contributed by atoms with Gasteiger partial charge in [-0.25, -0.2) is 19.1 Å². The molecule has 2 amide bonds. The van der Waals surface area contributed by atoms with Gasteiger partial charge in [-0.15, -0.1) is 0 Å². The number of aryl methyl sites for hydroxylation is 2. The van der Waals surface area contributed by atoms with Crippen LogP contribution >= 0.6 is 11.6 Å². The fourth-order valence-electron chi connectivity index (χ4n) is 4.83. The molecule has 0 spiro atoms. The van der Waals surface area contributed by atoms with E-state index < -0.39 is 5.91 Å². The van der Waals surface area contributed by atoms with Gasteiger partial charge in [0.1, 0.15) is 18.9 Å². The molecule has 1 fully saturated rings. The second-order valence-electron chi connectivity index (χ2n) is 9.65. The molecule has 1 aliphatic rings. The van der Waals surface area contributed by atoms with Gasteiger partial charge in [0, 0.05) is 32.2 Å². The van der Waals surface area contributed by atoms with Gasteiger partial charge in [0.25, 0.3) is 11.7 Å². The molecule has 0 saturated carbocycles. The van der Waals surface area contributed by atoms with Crippen LogP contribution in [0.5, 0.6) is 5.75 Å². The van der Waals surface area contributed by atoms with Crippen molar-refractivity contribution in [3.05, 3.63) is 34.9 Å². The van der Waals surface area contributed by atoms with Crippen molar-refractivity contribution in [3.8, 4) is 5.75 Å². The number of anilines is 2. The standard InChI is InChI=1S/C26H37ClN10O3/c1-4-36-18-7-6-17(40-13-8-30-20(38)16-35-11-9-34(3)10-12-35)14-19(18)37(5-2)21(36)15-31-26(39)22-24(28)33-25(29)23(27)32-22/h6-7,14H,4-5,8-13,15-16H2,1-3H3,(H5-,28,29,30,31,33,38,39)/p+1. The van der Waals surface area contributed by atoms with Crippen molar-refractivity contribution in [2.45, 2.75) is 33.5 Å². The lowest BCUT2D eigenvalue weighted by Crippen LogP contribution is -2.48. The molecule has 1 aromatic carbocycles. The first-order chi connectivity index (χ1) is 19.2. The number of benzene rings is 1. The summed E-state index contributed by atoms with van der Waals surface area (Å²) in [6, 6.07) is 5.89. The number of piperazine rings is 1. The lowest BCUT2D eigenvalue weighted by molar-refractivity contribution is -0.676. The highest BCUT2D eigenvalue weighted by Gasteiger charge is 2.25. The van der Waals surface area contributed by atoms with Crippen LogP contribution < -0.4 is 31.4 Å². The predicted molar refractivity (Wildman–Crippen MR) is 153 cm³/mol. The summed E-state index contributed by atoms with van der Waals surface area (Å²) in [4.78, 5) is 37.4. The van der Waals surface area contributed by atoms with Crippen LogP contribution in [0.25, 0.3) is 11.0 Å². The minimum atomic E-state index is -0.499. The molecule has 0 unspecified atom stereocenters. The average molecular weight is 574 g/mol. The number of hydrogen-bond donors (Lipinski definition) is 4. The fourth-order valence-corrected chi connectivity index (χ4v) is 4.96. The van der Waals surface area contributed by atoms with E-state index in [1.165, 1.54) is 0 Å². The van der Waals surface area contributed by atoms with Crippen molar-refractivity contribution in [1.29, 1.82) is 0 Å². The number of ether oxygens (including phenoxy) is 1. The van der Waals surface area contributed by atoms with Crippen molar-refractivity contribution in [3.63, 3.8) is 0 Å². The predicted octanol–water partition coefficient (Wildman–Crippen LogP) is 0.249. The van der Waals surface area contributed by atoms with E-state index in [-0.39, 0.29) is 34.9 Å². The summed E-state index contributed by atoms with van der Waals surface area (Å²) in [6.45, 7) is 10.6. The van der Waals surface area contributed by atoms with E-state index in [0.717, 1.165) is 43.0 Å². The second-order valence-corrected chi connectivity index (χ2v) is 10.0. The molecule has 0 bridgehead atoms. The zero-order chi connectivity index (χ0) is 28.8. The number of nitrogens with zero attached hydrogens (tertiary/aromatic N) is 6. The minimum Gasteiger partial charge on any atom is -0.492 e. The molecule has 0 aliphatic carbocycles. The first kappa shape index (κ1) is 29.3. The van der Waals surface area contributed by atoms with E-state index in [4.69, 9.17) is 27.8 Å². The monoisotopic (exact) mass is 573 g/mol. The van der Waals surface area contributed by atoms with Gasteiger partial charge in [-0.3, -0.25) is 14.5 Å². The Hall–Kier alpha value is -3.68. The maximum atomic E-state index is 12.8. The average Bonchev–Trinajstić information content (AvgIpc) is 3.24. The summed E-state index contributed by atoms with van der Waals surface area (Å²) in [5.74, 6) is 0.989. The number of aromatic nitrogens is 4. The highest BCUT2D eigenvalue weighted by molar-refractivity contribution is 6.31. The Morgan fingerprint density at radius 3 is 2.55 bits per heavy atom. The number of likely N-dealkylation sites (N-methyl/N-ethyl adjacent to an activating group) is 1. The van der Waals surface area contributed by atoms with Gasteiger partial charge in [0.05, 0.1) is 26.2 Å². The van der Waals surface area contributed by atoms with Crippen LogP contribution in [0.4, 0.5) is 11.6 Å². The van der Waals surface area contributed by atoms with Crippen LogP contribution in [0.1, 0.15) is 30.2 Å². The molecule has 1 saturated heterocycles. The Balaban J connectivity index is 1.39. The molecule has 40 heavy (non-hydrogen) atoms. The number of hydrogen-bond acceptors (Lipinski definition) is 9. The molecule has 0 atom stereocenters. The Morgan fingerprint density at radius 1 is 1.10 bits per heavy atom. The number of carbonyl (C=O) groups is 2. The van der Waals surface area contributed by atoms with Gasteiger partial charge >= 0.3 is 0 Å². The van der Waals surface area contributed by atoms with Crippen molar-refractivity contribution in [2.24, 2.45) is 0 Å². The largest absolute Gasteiger partial charge is 0.492 e. The van der Waals surface area contributed by atoms with Crippen molar-refractivity contribution < 1.29 is 18.9 Å². The number of nitrogens with two attached hydrogens (primary N) is 2. The van der Waals surface area contributed by atoms with Gasteiger partial charge < -0.3 is 31.7 Å². The highest BCUT2D eigenvalue weighted by atomic mass is 35.5. The smallest absolute Gasteiger partial charge is 0.277 e. The Labute approximate surface area is 238 Å². The molecule has 14 heteroatoms. The van der Waals surface area contributed by atoms with Crippen LogP contribution in [-0.4, -0.2) is 89.1 Å². The molecular weight excluding hydrogens is 536 g/mol. The van der Waals surface area contributed by atoms with Gasteiger partial charge in [-0.05, 0) is 33.0 Å². The number of halogens is 1. The number of nitrogen functional groups attached to an aromatic ring is 2. The summed E-state index contributed by atoms with van der Waals surface area (Å²) >= 11 is 5.94. The number of nitrogens with one attached hydrogen (secondary N) is 2. The molecular formula is C26H38ClN10O3+. The van der Waals surface area contributed by atoms with E-state index >= 15 is 0 Å². The third-order valence-electron chi connectivity index (χ3n) is 6.97. The normalized spacial score (nSPS) is 14.4. The van der Waals surface area contributed by atoms with Gasteiger partial charge in [-0.1, -0.05) is 11.6 Å². The summed E-state index contributed by atoms with van der Waals surface area (Å²) in [5, 5.41) is 5.74. The molecule has 3 aromatic rings. The lowest BCUT2D eigenvalue weighted by Gasteiger charge is -2.31. The second kappa shape index (κ2) is 13.1. The van der Waals surface area contributed by atoms with Crippen LogP contribution in [0.3, 0.4) is 0 Å². The Kier molecular flexibility index (Phi) is 9.61. The van der Waals surface area contributed by atoms with E-state index in [2.05, 4.69) is 46.6 Å². The van der Waals surface area contributed by atoms with E-state index in [1.54, 1.807) is 0 Å². The van der Waals surface area contributed by atoms with Gasteiger partial charge in [-0.2, -0.15) is 0 Å². The van der Waals surface area contributed by atoms with Crippen molar-refractivity contribution in [1.82, 2.24) is 35.0 Å². The SMILES string of the molecule is CCn1c(CNC(=O)c2nc(Cl)c(N)nc2N)[n+](CC)c2ccc(OCCNC(=O)CN3CCN(C)CC3)cc21. The number of amides is 2. The van der Waals surface area contributed by atoms with Crippen LogP contribution in [0, 0.1) is 0 Å². The summed E-state index contributed by atoms with van der Waals surface area (Å²) in [6.07, 6.45) is 0. The maximum Gasteiger partial charge on any atom is 0.277 e. The molecule has 13 nitrogen and oxygen atoms in total. The lowest BCUT2D eigenvalue weighted by atomic mass is 10.3. The van der Waals surface area contributed by atoms with E-state index in [9.17, 15) is 9.59 Å². The molecule has 0 radical (unpaired) electrons. The Morgan fingerprint density at radius 2 is 1.85 bits per heavy atom. The zero-order valence-electron chi connectivity index (χ0n) is 23.2. The molecule has 3 heterocycles. The fraction of sp³-hybridized carbons (Fsp3) is 0.500.